The van der Waals surface area contributed by atoms with Crippen LogP contribution in [0.3, 0.4) is 0 Å². The molecule has 1 aliphatic heterocycles. The number of aromatic nitrogens is 2. The van der Waals surface area contributed by atoms with Crippen LogP contribution in [0.2, 0.25) is 0 Å². The molecular weight excluding hydrogens is 268 g/mol. The maximum Gasteiger partial charge on any atom is 0.229 e. The van der Waals surface area contributed by atoms with Gasteiger partial charge in [-0.1, -0.05) is 0 Å². The Hall–Kier alpha value is -1.40. The first-order valence-electron chi connectivity index (χ1n) is 7.70. The number of nitrogens with zero attached hydrogens (tertiary/aromatic N) is 3. The molecule has 6 nitrogen and oxygen atoms in total. The van der Waals surface area contributed by atoms with Crippen LogP contribution in [0.4, 0.5) is 5.82 Å². The number of carbonyl (C=O) groups excluding carboxylic acids is 1. The molecule has 1 fully saturated rings. The summed E-state index contributed by atoms with van der Waals surface area (Å²) in [6.07, 6.45) is 3.81. The summed E-state index contributed by atoms with van der Waals surface area (Å²) in [5.74, 6) is 0.988. The van der Waals surface area contributed by atoms with Crippen LogP contribution >= 0.6 is 0 Å². The largest absolute Gasteiger partial charge is 0.383 e. The van der Waals surface area contributed by atoms with Gasteiger partial charge in [-0.25, -0.2) is 4.68 Å². The van der Waals surface area contributed by atoms with E-state index < -0.39 is 0 Å². The number of methoxy groups -OCH3 is 1. The third kappa shape index (κ3) is 4.04. The monoisotopic (exact) mass is 294 g/mol. The number of likely N-dealkylation sites (tertiary alicyclic amines) is 1. The first-order valence-corrected chi connectivity index (χ1v) is 7.70. The molecule has 118 valence electrons. The number of amides is 1. The lowest BCUT2D eigenvalue weighted by atomic mass is 9.97. The highest BCUT2D eigenvalue weighted by Gasteiger charge is 2.26. The van der Waals surface area contributed by atoms with Crippen LogP contribution in [-0.2, 0) is 16.1 Å². The number of hydrogen-bond acceptors (Lipinski definition) is 4. The van der Waals surface area contributed by atoms with Gasteiger partial charge in [0.2, 0.25) is 5.91 Å². The van der Waals surface area contributed by atoms with Gasteiger partial charge in [-0.05, 0) is 33.2 Å². The summed E-state index contributed by atoms with van der Waals surface area (Å²) >= 11 is 0. The molecule has 2 rings (SSSR count). The normalized spacial score (nSPS) is 19.7. The van der Waals surface area contributed by atoms with Crippen LogP contribution in [0.5, 0.6) is 0 Å². The SMILES string of the molecule is CCn1ncc(C)c1NC(=O)C1CCCN(CCOC)C1. The van der Waals surface area contributed by atoms with Crippen molar-refractivity contribution in [1.82, 2.24) is 14.7 Å². The van der Waals surface area contributed by atoms with E-state index in [-0.39, 0.29) is 11.8 Å². The minimum Gasteiger partial charge on any atom is -0.383 e. The number of rotatable bonds is 6. The molecule has 1 unspecified atom stereocenters. The Kier molecular flexibility index (Phi) is 5.76. The second-order valence-electron chi connectivity index (χ2n) is 5.61. The molecule has 0 radical (unpaired) electrons. The van der Waals surface area contributed by atoms with Crippen molar-refractivity contribution >= 4 is 11.7 Å². The zero-order valence-corrected chi connectivity index (χ0v) is 13.3. The van der Waals surface area contributed by atoms with E-state index in [9.17, 15) is 4.79 Å². The van der Waals surface area contributed by atoms with E-state index in [1.807, 2.05) is 18.5 Å². The van der Waals surface area contributed by atoms with Crippen LogP contribution in [0, 0.1) is 12.8 Å². The van der Waals surface area contributed by atoms with Crippen molar-refractivity contribution in [2.75, 3.05) is 38.7 Å². The summed E-state index contributed by atoms with van der Waals surface area (Å²) in [6, 6.07) is 0. The van der Waals surface area contributed by atoms with Crippen LogP contribution in [-0.4, -0.2) is 53.9 Å². The Balaban J connectivity index is 1.94. The number of ether oxygens (including phenoxy) is 1. The highest BCUT2D eigenvalue weighted by atomic mass is 16.5. The van der Waals surface area contributed by atoms with E-state index in [2.05, 4.69) is 15.3 Å². The quantitative estimate of drug-likeness (QED) is 0.864. The molecule has 1 aromatic rings. The van der Waals surface area contributed by atoms with Crippen molar-refractivity contribution in [2.45, 2.75) is 33.2 Å². The average molecular weight is 294 g/mol. The second kappa shape index (κ2) is 7.56. The molecule has 21 heavy (non-hydrogen) atoms. The zero-order valence-electron chi connectivity index (χ0n) is 13.3. The lowest BCUT2D eigenvalue weighted by molar-refractivity contribution is -0.121. The Morgan fingerprint density at radius 1 is 1.57 bits per heavy atom. The predicted molar refractivity (Wildman–Crippen MR) is 82.3 cm³/mol. The fourth-order valence-corrected chi connectivity index (χ4v) is 2.79. The number of carbonyl (C=O) groups is 1. The minimum absolute atomic E-state index is 0.0511. The molecule has 0 aliphatic carbocycles. The summed E-state index contributed by atoms with van der Waals surface area (Å²) in [5.41, 5.74) is 1.01. The van der Waals surface area contributed by atoms with Crippen LogP contribution in [0.15, 0.2) is 6.20 Å². The van der Waals surface area contributed by atoms with E-state index in [0.29, 0.717) is 0 Å². The average Bonchev–Trinajstić information content (AvgIpc) is 2.86. The Morgan fingerprint density at radius 2 is 2.38 bits per heavy atom. The highest BCUT2D eigenvalue weighted by molar-refractivity contribution is 5.92. The lowest BCUT2D eigenvalue weighted by Crippen LogP contribution is -2.42. The van der Waals surface area contributed by atoms with Gasteiger partial charge < -0.3 is 15.0 Å². The van der Waals surface area contributed by atoms with Gasteiger partial charge in [-0.15, -0.1) is 0 Å². The third-order valence-electron chi connectivity index (χ3n) is 4.05. The Morgan fingerprint density at radius 3 is 3.10 bits per heavy atom. The fourth-order valence-electron chi connectivity index (χ4n) is 2.79. The van der Waals surface area contributed by atoms with Crippen molar-refractivity contribution in [3.05, 3.63) is 11.8 Å². The van der Waals surface area contributed by atoms with Gasteiger partial charge in [-0.2, -0.15) is 5.10 Å². The Bertz CT molecular complexity index is 472. The van der Waals surface area contributed by atoms with Gasteiger partial charge in [0.15, 0.2) is 0 Å². The van der Waals surface area contributed by atoms with Gasteiger partial charge in [0.25, 0.3) is 0 Å². The van der Waals surface area contributed by atoms with E-state index >= 15 is 0 Å². The van der Waals surface area contributed by atoms with Crippen molar-refractivity contribution in [3.63, 3.8) is 0 Å². The maximum absolute atomic E-state index is 12.5. The predicted octanol–water partition coefficient (Wildman–Crippen LogP) is 1.51. The Labute approximate surface area is 126 Å². The number of aryl methyl sites for hydroxylation is 2. The summed E-state index contributed by atoms with van der Waals surface area (Å²) in [5, 5.41) is 7.32. The van der Waals surface area contributed by atoms with Crippen LogP contribution < -0.4 is 5.32 Å². The second-order valence-corrected chi connectivity index (χ2v) is 5.61. The van der Waals surface area contributed by atoms with E-state index in [4.69, 9.17) is 4.74 Å². The summed E-state index contributed by atoms with van der Waals surface area (Å²) < 4.78 is 6.95. The van der Waals surface area contributed by atoms with Crippen molar-refractivity contribution in [3.8, 4) is 0 Å². The molecule has 6 heteroatoms. The first kappa shape index (κ1) is 16.0. The molecule has 1 aromatic heterocycles. The molecule has 1 saturated heterocycles. The van der Waals surface area contributed by atoms with Gasteiger partial charge in [-0.3, -0.25) is 4.79 Å². The number of nitrogens with one attached hydrogen (secondary N) is 1. The van der Waals surface area contributed by atoms with E-state index in [0.717, 1.165) is 57.0 Å². The first-order chi connectivity index (χ1) is 10.2. The fraction of sp³-hybridized carbons (Fsp3) is 0.733. The number of hydrogen-bond donors (Lipinski definition) is 1. The molecule has 1 aliphatic rings. The molecule has 0 aromatic carbocycles. The van der Waals surface area contributed by atoms with Gasteiger partial charge in [0.05, 0.1) is 18.7 Å². The summed E-state index contributed by atoms with van der Waals surface area (Å²) in [7, 11) is 1.71. The number of anilines is 1. The van der Waals surface area contributed by atoms with Crippen molar-refractivity contribution in [1.29, 1.82) is 0 Å². The van der Waals surface area contributed by atoms with Gasteiger partial charge in [0, 0.05) is 32.3 Å². The molecule has 0 saturated carbocycles. The maximum atomic E-state index is 12.5. The number of piperidine rings is 1. The zero-order chi connectivity index (χ0) is 15.2. The topological polar surface area (TPSA) is 59.4 Å². The van der Waals surface area contributed by atoms with Crippen LogP contribution in [0.1, 0.15) is 25.3 Å². The lowest BCUT2D eigenvalue weighted by Gasteiger charge is -2.31. The summed E-state index contributed by atoms with van der Waals surface area (Å²) in [6.45, 7) is 8.24. The van der Waals surface area contributed by atoms with Crippen LogP contribution in [0.25, 0.3) is 0 Å². The van der Waals surface area contributed by atoms with Crippen molar-refractivity contribution in [2.24, 2.45) is 5.92 Å². The summed E-state index contributed by atoms with van der Waals surface area (Å²) in [4.78, 5) is 14.8. The smallest absolute Gasteiger partial charge is 0.229 e. The molecule has 1 atom stereocenters. The molecule has 1 amide bonds. The molecular formula is C15H26N4O2. The molecule has 0 spiro atoms. The van der Waals surface area contributed by atoms with Crippen molar-refractivity contribution < 1.29 is 9.53 Å². The minimum atomic E-state index is 0.0511. The van der Waals surface area contributed by atoms with Gasteiger partial charge >= 0.3 is 0 Å². The molecule has 2 heterocycles. The molecule has 1 N–H and O–H groups in total. The standard InChI is InChI=1S/C15H26N4O2/c1-4-19-14(12(2)10-16-19)17-15(20)13-6-5-7-18(11-13)8-9-21-3/h10,13H,4-9,11H2,1-3H3,(H,17,20). The van der Waals surface area contributed by atoms with E-state index in [1.54, 1.807) is 13.3 Å². The molecule has 0 bridgehead atoms. The highest BCUT2D eigenvalue weighted by Crippen LogP contribution is 2.20. The van der Waals surface area contributed by atoms with Gasteiger partial charge in [0.1, 0.15) is 5.82 Å². The van der Waals surface area contributed by atoms with E-state index in [1.165, 1.54) is 0 Å². The third-order valence-corrected chi connectivity index (χ3v) is 4.05.